The minimum absolute atomic E-state index is 0.0158. The van der Waals surface area contributed by atoms with Gasteiger partial charge >= 0.3 is 6.18 Å². The Labute approximate surface area is 179 Å². The molecule has 3 aromatic rings. The first-order valence-electron chi connectivity index (χ1n) is 9.61. The number of pyridine rings is 2. The van der Waals surface area contributed by atoms with E-state index in [2.05, 4.69) is 25.8 Å². The number of nitrogens with zero attached hydrogens (tertiary/aromatic N) is 4. The summed E-state index contributed by atoms with van der Waals surface area (Å²) in [6, 6.07) is 9.67. The Kier molecular flexibility index (Phi) is 5.84. The number of halogens is 4. The zero-order valence-corrected chi connectivity index (χ0v) is 17.7. The third-order valence-corrected chi connectivity index (χ3v) is 5.93. The standard InChI is InChI=1S/C21H20BrF3N4O/c22-17-4-1-3-16-18(30)7-10-29(20(16)17)14-27-8-2-9-28(12-11-27)19-6-5-15(13-26-19)21(23,24)25/h1,3-7,10,13H,2,8-9,11-12,14H2. The van der Waals surface area contributed by atoms with Crippen LogP contribution < -0.4 is 10.3 Å². The number of anilines is 1. The molecule has 0 spiro atoms. The molecule has 0 N–H and O–H groups in total. The van der Waals surface area contributed by atoms with Gasteiger partial charge in [-0.05, 0) is 46.6 Å². The van der Waals surface area contributed by atoms with Crippen LogP contribution in [0, 0.1) is 0 Å². The fourth-order valence-electron chi connectivity index (χ4n) is 3.74. The third kappa shape index (κ3) is 4.37. The second-order valence-electron chi connectivity index (χ2n) is 7.29. The van der Waals surface area contributed by atoms with Crippen LogP contribution in [0.5, 0.6) is 0 Å². The van der Waals surface area contributed by atoms with Crippen LogP contribution in [0.3, 0.4) is 0 Å². The van der Waals surface area contributed by atoms with Crippen LogP contribution in [0.1, 0.15) is 12.0 Å². The highest BCUT2D eigenvalue weighted by atomic mass is 79.9. The molecule has 3 heterocycles. The molecule has 5 nitrogen and oxygen atoms in total. The van der Waals surface area contributed by atoms with Crippen molar-refractivity contribution < 1.29 is 13.2 Å². The van der Waals surface area contributed by atoms with E-state index in [9.17, 15) is 18.0 Å². The Bertz CT molecular complexity index is 1100. The van der Waals surface area contributed by atoms with Crippen LogP contribution in [0.25, 0.3) is 10.9 Å². The highest BCUT2D eigenvalue weighted by Crippen LogP contribution is 2.29. The molecular weight excluding hydrogens is 461 g/mol. The number of fused-ring (bicyclic) bond motifs is 1. The first kappa shape index (κ1) is 20.9. The van der Waals surface area contributed by atoms with E-state index in [0.717, 1.165) is 48.3 Å². The number of hydrogen-bond donors (Lipinski definition) is 0. The SMILES string of the molecule is O=c1ccn(CN2CCCN(c3ccc(C(F)(F)F)cn3)CC2)c2c(Br)cccc12. The summed E-state index contributed by atoms with van der Waals surface area (Å²) in [6.45, 7) is 3.59. The van der Waals surface area contributed by atoms with Gasteiger partial charge in [0.25, 0.3) is 0 Å². The van der Waals surface area contributed by atoms with E-state index in [1.807, 2.05) is 27.7 Å². The second kappa shape index (κ2) is 8.39. The quantitative estimate of drug-likeness (QED) is 0.558. The summed E-state index contributed by atoms with van der Waals surface area (Å²) in [7, 11) is 0. The lowest BCUT2D eigenvalue weighted by Crippen LogP contribution is -2.32. The fraction of sp³-hybridized carbons (Fsp3) is 0.333. The summed E-state index contributed by atoms with van der Waals surface area (Å²) in [5.41, 5.74) is 0.104. The lowest BCUT2D eigenvalue weighted by Gasteiger charge is -2.24. The molecule has 2 aromatic heterocycles. The van der Waals surface area contributed by atoms with E-state index in [4.69, 9.17) is 0 Å². The number of benzene rings is 1. The van der Waals surface area contributed by atoms with Gasteiger partial charge in [0, 0.05) is 54.5 Å². The summed E-state index contributed by atoms with van der Waals surface area (Å²) in [5, 5.41) is 0.664. The van der Waals surface area contributed by atoms with E-state index >= 15 is 0 Å². The molecule has 9 heteroatoms. The summed E-state index contributed by atoms with van der Waals surface area (Å²) in [5.74, 6) is 0.557. The number of hydrogen-bond acceptors (Lipinski definition) is 4. The monoisotopic (exact) mass is 480 g/mol. The van der Waals surface area contributed by atoms with Gasteiger partial charge in [0.1, 0.15) is 5.82 Å². The zero-order chi connectivity index (χ0) is 21.3. The lowest BCUT2D eigenvalue weighted by atomic mass is 10.2. The number of alkyl halides is 3. The molecule has 0 amide bonds. The normalized spacial score (nSPS) is 16.1. The molecule has 1 saturated heterocycles. The van der Waals surface area contributed by atoms with Gasteiger partial charge in [-0.1, -0.05) is 6.07 Å². The van der Waals surface area contributed by atoms with Crippen molar-refractivity contribution in [1.82, 2.24) is 14.5 Å². The van der Waals surface area contributed by atoms with Gasteiger partial charge in [-0.25, -0.2) is 4.98 Å². The number of rotatable bonds is 3. The van der Waals surface area contributed by atoms with Crippen LogP contribution in [0.2, 0.25) is 0 Å². The van der Waals surface area contributed by atoms with E-state index in [1.165, 1.54) is 6.07 Å². The molecule has 1 fully saturated rings. The molecule has 30 heavy (non-hydrogen) atoms. The smallest absolute Gasteiger partial charge is 0.355 e. The molecule has 1 aliphatic heterocycles. The summed E-state index contributed by atoms with van der Waals surface area (Å²) in [4.78, 5) is 20.5. The van der Waals surface area contributed by atoms with Crippen molar-refractivity contribution in [3.05, 3.63) is 69.1 Å². The van der Waals surface area contributed by atoms with Gasteiger partial charge in [0.05, 0.1) is 17.7 Å². The molecule has 4 rings (SSSR count). The van der Waals surface area contributed by atoms with E-state index in [1.54, 1.807) is 12.3 Å². The number of para-hydroxylation sites is 1. The van der Waals surface area contributed by atoms with Gasteiger partial charge in [0.2, 0.25) is 0 Å². The van der Waals surface area contributed by atoms with Crippen molar-refractivity contribution >= 4 is 32.7 Å². The van der Waals surface area contributed by atoms with E-state index in [-0.39, 0.29) is 5.43 Å². The van der Waals surface area contributed by atoms with Gasteiger partial charge in [0.15, 0.2) is 5.43 Å². The van der Waals surface area contributed by atoms with Crippen LogP contribution in [-0.4, -0.2) is 40.6 Å². The summed E-state index contributed by atoms with van der Waals surface area (Å²) >= 11 is 3.55. The maximum Gasteiger partial charge on any atom is 0.417 e. The predicted molar refractivity (Wildman–Crippen MR) is 114 cm³/mol. The van der Waals surface area contributed by atoms with Crippen molar-refractivity contribution in [3.8, 4) is 0 Å². The topological polar surface area (TPSA) is 41.4 Å². The Morgan fingerprint density at radius 3 is 2.60 bits per heavy atom. The first-order chi connectivity index (χ1) is 14.3. The van der Waals surface area contributed by atoms with Gasteiger partial charge < -0.3 is 9.47 Å². The van der Waals surface area contributed by atoms with Crippen molar-refractivity contribution in [2.24, 2.45) is 0 Å². The molecule has 158 valence electrons. The number of aromatic nitrogens is 2. The van der Waals surface area contributed by atoms with Gasteiger partial charge in [-0.15, -0.1) is 0 Å². The Balaban J connectivity index is 1.49. The molecule has 0 unspecified atom stereocenters. The average molecular weight is 481 g/mol. The zero-order valence-electron chi connectivity index (χ0n) is 16.1. The van der Waals surface area contributed by atoms with Gasteiger partial charge in [-0.3, -0.25) is 9.69 Å². The minimum Gasteiger partial charge on any atom is -0.355 e. The summed E-state index contributed by atoms with van der Waals surface area (Å²) < 4.78 is 41.2. The Morgan fingerprint density at radius 1 is 1.03 bits per heavy atom. The highest BCUT2D eigenvalue weighted by molar-refractivity contribution is 9.10. The molecule has 0 atom stereocenters. The Hall–Kier alpha value is -2.39. The highest BCUT2D eigenvalue weighted by Gasteiger charge is 2.31. The average Bonchev–Trinajstić information content (AvgIpc) is 2.95. The molecular formula is C21H20BrF3N4O. The van der Waals surface area contributed by atoms with Gasteiger partial charge in [-0.2, -0.15) is 13.2 Å². The van der Waals surface area contributed by atoms with E-state index in [0.29, 0.717) is 24.4 Å². The fourth-order valence-corrected chi connectivity index (χ4v) is 4.34. The summed E-state index contributed by atoms with van der Waals surface area (Å²) in [6.07, 6.45) is -0.825. The Morgan fingerprint density at radius 2 is 1.87 bits per heavy atom. The van der Waals surface area contributed by atoms with Crippen LogP contribution in [-0.2, 0) is 12.8 Å². The molecule has 1 aromatic carbocycles. The van der Waals surface area contributed by atoms with E-state index < -0.39 is 11.7 Å². The molecule has 0 bridgehead atoms. The first-order valence-corrected chi connectivity index (χ1v) is 10.4. The van der Waals surface area contributed by atoms with Crippen molar-refractivity contribution in [3.63, 3.8) is 0 Å². The molecule has 0 saturated carbocycles. The van der Waals surface area contributed by atoms with Crippen LogP contribution in [0.4, 0.5) is 19.0 Å². The van der Waals surface area contributed by atoms with Crippen LogP contribution in [0.15, 0.2) is 58.1 Å². The lowest BCUT2D eigenvalue weighted by molar-refractivity contribution is -0.137. The largest absolute Gasteiger partial charge is 0.417 e. The van der Waals surface area contributed by atoms with Crippen LogP contribution >= 0.6 is 15.9 Å². The third-order valence-electron chi connectivity index (χ3n) is 5.29. The molecule has 0 radical (unpaired) electrons. The van der Waals surface area contributed by atoms with Crippen molar-refractivity contribution in [2.75, 3.05) is 31.1 Å². The maximum absolute atomic E-state index is 12.8. The van der Waals surface area contributed by atoms with Crippen molar-refractivity contribution in [2.45, 2.75) is 19.3 Å². The second-order valence-corrected chi connectivity index (χ2v) is 8.14. The molecule has 0 aliphatic carbocycles. The predicted octanol–water partition coefficient (Wildman–Crippen LogP) is 4.35. The van der Waals surface area contributed by atoms with Crippen molar-refractivity contribution in [1.29, 1.82) is 0 Å². The maximum atomic E-state index is 12.8. The minimum atomic E-state index is -4.38. The molecule has 1 aliphatic rings.